The fraction of sp³-hybridized carbons (Fsp3) is 0.750. The summed E-state index contributed by atoms with van der Waals surface area (Å²) in [6.07, 6.45) is 6.59. The molecule has 1 rings (SSSR count). The summed E-state index contributed by atoms with van der Waals surface area (Å²) in [7, 11) is 0. The highest BCUT2D eigenvalue weighted by Gasteiger charge is 2.30. The first kappa shape index (κ1) is 16.7. The van der Waals surface area contributed by atoms with Crippen LogP contribution < -0.4 is 5.32 Å². The van der Waals surface area contributed by atoms with E-state index in [4.69, 9.17) is 4.74 Å². The molecule has 2 unspecified atom stereocenters. The SMILES string of the molecule is CCNC(=O)OC1/C=C/CCC(C(=O)C(C)(C)C)CC1. The number of amides is 1. The first-order valence-electron chi connectivity index (χ1n) is 7.50. The molecule has 1 amide bonds. The number of Topliss-reactive ketones (excluding diaryl/α,β-unsaturated/α-hetero) is 1. The summed E-state index contributed by atoms with van der Waals surface area (Å²) < 4.78 is 5.33. The van der Waals surface area contributed by atoms with Crippen LogP contribution in [0.5, 0.6) is 0 Å². The van der Waals surface area contributed by atoms with Crippen molar-refractivity contribution in [3.05, 3.63) is 12.2 Å². The lowest BCUT2D eigenvalue weighted by Gasteiger charge is -2.26. The molecule has 0 saturated heterocycles. The first-order chi connectivity index (χ1) is 9.34. The molecule has 1 aliphatic rings. The van der Waals surface area contributed by atoms with E-state index in [0.717, 1.165) is 19.3 Å². The third-order valence-electron chi connectivity index (χ3n) is 3.52. The molecule has 4 nitrogen and oxygen atoms in total. The Morgan fingerprint density at radius 3 is 2.55 bits per heavy atom. The standard InChI is InChI=1S/C16H27NO3/c1-5-17-15(19)20-13-9-7-6-8-12(10-11-13)14(18)16(2,3)4/h7,9,12-13H,5-6,8,10-11H2,1-4H3,(H,17,19)/b9-7+. The Labute approximate surface area is 122 Å². The Morgan fingerprint density at radius 2 is 1.95 bits per heavy atom. The van der Waals surface area contributed by atoms with E-state index in [9.17, 15) is 9.59 Å². The van der Waals surface area contributed by atoms with E-state index in [-0.39, 0.29) is 23.5 Å². The van der Waals surface area contributed by atoms with Gasteiger partial charge in [0.05, 0.1) is 0 Å². The van der Waals surface area contributed by atoms with E-state index in [1.807, 2.05) is 39.8 Å². The van der Waals surface area contributed by atoms with Crippen LogP contribution in [0.25, 0.3) is 0 Å². The van der Waals surface area contributed by atoms with Crippen molar-refractivity contribution < 1.29 is 14.3 Å². The maximum atomic E-state index is 12.4. The fourth-order valence-corrected chi connectivity index (χ4v) is 2.45. The lowest BCUT2D eigenvalue weighted by Crippen LogP contribution is -2.31. The highest BCUT2D eigenvalue weighted by Crippen LogP contribution is 2.28. The van der Waals surface area contributed by atoms with Crippen molar-refractivity contribution in [3.8, 4) is 0 Å². The quantitative estimate of drug-likeness (QED) is 0.806. The van der Waals surface area contributed by atoms with Crippen molar-refractivity contribution in [1.82, 2.24) is 5.32 Å². The Kier molecular flexibility index (Phi) is 6.24. The number of rotatable bonds is 3. The molecule has 0 saturated carbocycles. The van der Waals surface area contributed by atoms with E-state index in [2.05, 4.69) is 5.32 Å². The molecule has 0 aliphatic heterocycles. The van der Waals surface area contributed by atoms with Crippen molar-refractivity contribution in [2.24, 2.45) is 11.3 Å². The molecule has 0 aromatic rings. The third kappa shape index (κ3) is 5.35. The van der Waals surface area contributed by atoms with Gasteiger partial charge in [0.25, 0.3) is 0 Å². The highest BCUT2D eigenvalue weighted by molar-refractivity contribution is 5.85. The Hall–Kier alpha value is -1.32. The number of carbonyl (C=O) groups excluding carboxylic acids is 2. The predicted octanol–water partition coefficient (Wildman–Crippen LogP) is 3.46. The van der Waals surface area contributed by atoms with Gasteiger partial charge in [-0.15, -0.1) is 0 Å². The number of hydrogen-bond acceptors (Lipinski definition) is 3. The molecule has 114 valence electrons. The molecule has 20 heavy (non-hydrogen) atoms. The highest BCUT2D eigenvalue weighted by atomic mass is 16.6. The van der Waals surface area contributed by atoms with Crippen molar-refractivity contribution in [2.75, 3.05) is 6.54 Å². The van der Waals surface area contributed by atoms with E-state index in [1.165, 1.54) is 0 Å². The normalized spacial score (nSPS) is 25.2. The van der Waals surface area contributed by atoms with Gasteiger partial charge in [-0.25, -0.2) is 4.79 Å². The summed E-state index contributed by atoms with van der Waals surface area (Å²) in [5.41, 5.74) is -0.302. The second-order valence-electron chi connectivity index (χ2n) is 6.37. The topological polar surface area (TPSA) is 55.4 Å². The largest absolute Gasteiger partial charge is 0.442 e. The van der Waals surface area contributed by atoms with Gasteiger partial charge in [0.1, 0.15) is 11.9 Å². The lowest BCUT2D eigenvalue weighted by atomic mass is 9.78. The van der Waals surface area contributed by atoms with E-state index in [0.29, 0.717) is 18.7 Å². The van der Waals surface area contributed by atoms with E-state index >= 15 is 0 Å². The number of nitrogens with one attached hydrogen (secondary N) is 1. The van der Waals surface area contributed by atoms with Gasteiger partial charge in [-0.2, -0.15) is 0 Å². The summed E-state index contributed by atoms with van der Waals surface area (Å²) >= 11 is 0. The number of allylic oxidation sites excluding steroid dienone is 1. The molecule has 2 atom stereocenters. The van der Waals surface area contributed by atoms with Crippen LogP contribution in [-0.2, 0) is 9.53 Å². The monoisotopic (exact) mass is 281 g/mol. The van der Waals surface area contributed by atoms with Gasteiger partial charge in [0.15, 0.2) is 0 Å². The van der Waals surface area contributed by atoms with Crippen LogP contribution in [-0.4, -0.2) is 24.5 Å². The van der Waals surface area contributed by atoms with E-state index < -0.39 is 0 Å². The molecule has 1 aliphatic carbocycles. The molecule has 0 radical (unpaired) electrons. The molecule has 0 spiro atoms. The van der Waals surface area contributed by atoms with Crippen molar-refractivity contribution in [3.63, 3.8) is 0 Å². The van der Waals surface area contributed by atoms with Crippen LogP contribution in [0.15, 0.2) is 12.2 Å². The summed E-state index contributed by atoms with van der Waals surface area (Å²) in [5.74, 6) is 0.379. The maximum Gasteiger partial charge on any atom is 0.407 e. The van der Waals surface area contributed by atoms with Gasteiger partial charge in [-0.1, -0.05) is 26.8 Å². The first-order valence-corrected chi connectivity index (χ1v) is 7.50. The number of ketones is 1. The van der Waals surface area contributed by atoms with Gasteiger partial charge in [-0.05, 0) is 38.7 Å². The number of carbonyl (C=O) groups is 2. The van der Waals surface area contributed by atoms with Crippen LogP contribution in [0.3, 0.4) is 0 Å². The predicted molar refractivity (Wildman–Crippen MR) is 79.5 cm³/mol. The van der Waals surface area contributed by atoms with E-state index in [1.54, 1.807) is 0 Å². The molecule has 4 heteroatoms. The van der Waals surface area contributed by atoms with Gasteiger partial charge in [-0.3, -0.25) is 4.79 Å². The maximum absolute atomic E-state index is 12.4. The molecule has 0 fully saturated rings. The van der Waals surface area contributed by atoms with Gasteiger partial charge in [0, 0.05) is 17.9 Å². The molecular weight excluding hydrogens is 254 g/mol. The Morgan fingerprint density at radius 1 is 1.25 bits per heavy atom. The van der Waals surface area contributed by atoms with Crippen LogP contribution in [0.2, 0.25) is 0 Å². The zero-order valence-corrected chi connectivity index (χ0v) is 13.1. The average Bonchev–Trinajstić information content (AvgIpc) is 2.31. The minimum absolute atomic E-state index is 0.0697. The van der Waals surface area contributed by atoms with Crippen molar-refractivity contribution in [2.45, 2.75) is 59.5 Å². The summed E-state index contributed by atoms with van der Waals surface area (Å²) in [6, 6.07) is 0. The third-order valence-corrected chi connectivity index (χ3v) is 3.52. The Balaban J connectivity index is 2.59. The minimum atomic E-state index is -0.388. The summed E-state index contributed by atoms with van der Waals surface area (Å²) in [6.45, 7) is 8.31. The minimum Gasteiger partial charge on any atom is -0.442 e. The lowest BCUT2D eigenvalue weighted by molar-refractivity contribution is -0.131. The molecule has 0 bridgehead atoms. The van der Waals surface area contributed by atoms with Crippen LogP contribution in [0, 0.1) is 11.3 Å². The summed E-state index contributed by atoms with van der Waals surface area (Å²) in [5, 5.41) is 2.63. The number of hydrogen-bond donors (Lipinski definition) is 1. The zero-order chi connectivity index (χ0) is 15.2. The van der Waals surface area contributed by atoms with Gasteiger partial charge in [0.2, 0.25) is 0 Å². The molecule has 0 aromatic carbocycles. The van der Waals surface area contributed by atoms with Crippen LogP contribution in [0.1, 0.15) is 53.4 Å². The van der Waals surface area contributed by atoms with Crippen molar-refractivity contribution in [1.29, 1.82) is 0 Å². The average molecular weight is 281 g/mol. The summed E-state index contributed by atoms with van der Waals surface area (Å²) in [4.78, 5) is 23.8. The molecule has 0 aromatic heterocycles. The smallest absolute Gasteiger partial charge is 0.407 e. The molecular formula is C16H27NO3. The second-order valence-corrected chi connectivity index (χ2v) is 6.37. The van der Waals surface area contributed by atoms with Crippen molar-refractivity contribution >= 4 is 11.9 Å². The Bertz CT molecular complexity index is 368. The zero-order valence-electron chi connectivity index (χ0n) is 13.1. The molecule has 0 heterocycles. The number of alkyl carbamates (subject to hydrolysis) is 1. The number of ether oxygens (including phenoxy) is 1. The van der Waals surface area contributed by atoms with Crippen LogP contribution >= 0.6 is 0 Å². The fourth-order valence-electron chi connectivity index (χ4n) is 2.45. The van der Waals surface area contributed by atoms with Gasteiger partial charge < -0.3 is 10.1 Å². The van der Waals surface area contributed by atoms with Gasteiger partial charge >= 0.3 is 6.09 Å². The van der Waals surface area contributed by atoms with Crippen LogP contribution in [0.4, 0.5) is 4.79 Å². The second kappa shape index (κ2) is 7.46. The molecule has 1 N–H and O–H groups in total.